The molecule has 0 aromatic heterocycles. The minimum atomic E-state index is -2.10. The standard InChI is InChI=1S/CH3O.3BrH.Ti/c1-2;;;;/h1H3;3*1H;/q-1;;;;+4/p-3. The summed E-state index contributed by atoms with van der Waals surface area (Å²) in [5.74, 6) is 0. The third-order valence-corrected chi connectivity index (χ3v) is 4.96. The molecule has 1 nitrogen and oxygen atoms in total. The van der Waals surface area contributed by atoms with Gasteiger partial charge in [0.05, 0.1) is 0 Å². The van der Waals surface area contributed by atoms with Gasteiger partial charge >= 0.3 is 60.6 Å². The molecule has 0 aliphatic heterocycles. The molecule has 0 saturated heterocycles. The van der Waals surface area contributed by atoms with E-state index in [1.165, 1.54) is 0 Å². The van der Waals surface area contributed by atoms with Crippen LogP contribution in [0, 0.1) is 0 Å². The molecule has 0 N–H and O–H groups in total. The zero-order chi connectivity index (χ0) is 5.21. The molecule has 0 rings (SSSR count). The second-order valence-corrected chi connectivity index (χ2v) is 29.7. The van der Waals surface area contributed by atoms with E-state index >= 15 is 0 Å². The molecular formula is CH3Br3OTi. The second kappa shape index (κ2) is 3.20. The number of halogens is 3. The number of hydrogen-bond donors (Lipinski definition) is 0. The molecule has 0 aliphatic carbocycles. The summed E-state index contributed by atoms with van der Waals surface area (Å²) in [6.07, 6.45) is 0. The van der Waals surface area contributed by atoms with Crippen LogP contribution < -0.4 is 0 Å². The van der Waals surface area contributed by atoms with Crippen molar-refractivity contribution in [2.24, 2.45) is 0 Å². The molecule has 6 heavy (non-hydrogen) atoms. The van der Waals surface area contributed by atoms with E-state index < -0.39 is 10.7 Å². The molecule has 0 unspecified atom stereocenters. The fourth-order valence-corrected chi connectivity index (χ4v) is 0. The Labute approximate surface area is 59.8 Å². The van der Waals surface area contributed by atoms with E-state index in [9.17, 15) is 0 Å². The van der Waals surface area contributed by atoms with Gasteiger partial charge in [0, 0.05) is 0 Å². The van der Waals surface area contributed by atoms with E-state index in [1.807, 2.05) is 0 Å². The third-order valence-electron chi connectivity index (χ3n) is 0.231. The van der Waals surface area contributed by atoms with E-state index in [0.29, 0.717) is 0 Å². The maximum absolute atomic E-state index is 4.88. The van der Waals surface area contributed by atoms with Crippen LogP contribution in [0.4, 0.5) is 0 Å². The van der Waals surface area contributed by atoms with Gasteiger partial charge < -0.3 is 0 Å². The van der Waals surface area contributed by atoms with Crippen LogP contribution in [0.1, 0.15) is 0 Å². The van der Waals surface area contributed by atoms with Gasteiger partial charge in [-0.3, -0.25) is 0 Å². The third kappa shape index (κ3) is 6.11. The fourth-order valence-electron chi connectivity index (χ4n) is 0. The second-order valence-electron chi connectivity index (χ2n) is 0.650. The van der Waals surface area contributed by atoms with E-state index in [0.717, 1.165) is 0 Å². The van der Waals surface area contributed by atoms with Crippen LogP contribution in [0.25, 0.3) is 0 Å². The van der Waals surface area contributed by atoms with Gasteiger partial charge in [0.2, 0.25) is 0 Å². The molecule has 0 aliphatic rings. The first-order chi connectivity index (χ1) is 2.56. The first-order valence-corrected chi connectivity index (χ1v) is 13.4. The Kier molecular flexibility index (Phi) is 4.33. The van der Waals surface area contributed by atoms with Crippen molar-refractivity contribution >= 4 is 39.5 Å². The van der Waals surface area contributed by atoms with Crippen LogP contribution in [0.15, 0.2) is 0 Å². The van der Waals surface area contributed by atoms with Gasteiger partial charge in [0.15, 0.2) is 0 Å². The summed E-state index contributed by atoms with van der Waals surface area (Å²) in [4.78, 5) is 0. The van der Waals surface area contributed by atoms with Gasteiger partial charge in [-0.1, -0.05) is 0 Å². The molecule has 0 radical (unpaired) electrons. The van der Waals surface area contributed by atoms with Crippen LogP contribution in [0.2, 0.25) is 0 Å². The quantitative estimate of drug-likeness (QED) is 0.675. The average Bonchev–Trinajstić information content (AvgIpc) is 1.35. The van der Waals surface area contributed by atoms with Crippen LogP contribution in [-0.2, 0) is 14.0 Å². The number of hydrogen-bond acceptors (Lipinski definition) is 1. The minimum absolute atomic E-state index is 1.65. The van der Waals surface area contributed by atoms with E-state index in [-0.39, 0.29) is 0 Å². The molecule has 38 valence electrons. The summed E-state index contributed by atoms with van der Waals surface area (Å²) in [7, 11) is -0.453. The summed E-state index contributed by atoms with van der Waals surface area (Å²) in [6, 6.07) is 0. The van der Waals surface area contributed by atoms with Gasteiger partial charge in [0.25, 0.3) is 0 Å². The van der Waals surface area contributed by atoms with E-state index in [4.69, 9.17) is 3.32 Å². The summed E-state index contributed by atoms with van der Waals surface area (Å²) < 4.78 is 4.88. The van der Waals surface area contributed by atoms with Crippen molar-refractivity contribution in [3.05, 3.63) is 0 Å². The Morgan fingerprint density at radius 2 is 1.50 bits per heavy atom. The first-order valence-electron chi connectivity index (χ1n) is 1.18. The van der Waals surface area contributed by atoms with Crippen LogP contribution >= 0.6 is 39.5 Å². The topological polar surface area (TPSA) is 9.23 Å². The van der Waals surface area contributed by atoms with E-state index in [1.54, 1.807) is 7.11 Å². The molecular weight excluding hydrogens is 316 g/mol. The normalized spacial score (nSPS) is 12.0. The van der Waals surface area contributed by atoms with Gasteiger partial charge in [-0.2, -0.15) is 0 Å². The molecule has 0 aromatic carbocycles. The Balaban J connectivity index is 3.17. The van der Waals surface area contributed by atoms with Crippen molar-refractivity contribution in [2.45, 2.75) is 0 Å². The van der Waals surface area contributed by atoms with Gasteiger partial charge in [0.1, 0.15) is 0 Å². The molecule has 0 spiro atoms. The predicted octanol–water partition coefficient (Wildman–Crippen LogP) is 2.63. The molecule has 0 atom stereocenters. The SMILES string of the molecule is C[O][Ti]([Br])([Br])[Br]. The molecule has 0 heterocycles. The summed E-state index contributed by atoms with van der Waals surface area (Å²) in [5.41, 5.74) is 0. The molecule has 0 fully saturated rings. The zero-order valence-corrected chi connectivity index (χ0v) is 9.36. The Morgan fingerprint density at radius 3 is 1.50 bits per heavy atom. The Bertz CT molecular complexity index is 40.5. The fraction of sp³-hybridized carbons (Fsp3) is 1.00. The molecule has 0 amide bonds. The van der Waals surface area contributed by atoms with Crippen LogP contribution in [0.3, 0.4) is 0 Å². The molecule has 0 aromatic rings. The van der Waals surface area contributed by atoms with Crippen LogP contribution in [-0.4, -0.2) is 7.11 Å². The molecule has 0 bridgehead atoms. The summed E-state index contributed by atoms with van der Waals surface area (Å²) in [6.45, 7) is 0. The predicted molar refractivity (Wildman–Crippen MR) is 33.8 cm³/mol. The van der Waals surface area contributed by atoms with Crippen LogP contribution in [0.5, 0.6) is 0 Å². The van der Waals surface area contributed by atoms with Crippen molar-refractivity contribution in [3.8, 4) is 0 Å². The molecule has 0 saturated carbocycles. The van der Waals surface area contributed by atoms with E-state index in [2.05, 4.69) is 39.5 Å². The molecule has 5 heteroatoms. The van der Waals surface area contributed by atoms with Crippen molar-refractivity contribution in [1.82, 2.24) is 0 Å². The maximum atomic E-state index is 4.88. The monoisotopic (exact) mass is 316 g/mol. The van der Waals surface area contributed by atoms with Crippen molar-refractivity contribution in [1.29, 1.82) is 0 Å². The average molecular weight is 319 g/mol. The van der Waals surface area contributed by atoms with Crippen molar-refractivity contribution < 1.29 is 14.0 Å². The Hall–Kier alpha value is 2.11. The summed E-state index contributed by atoms with van der Waals surface area (Å²) >= 11 is 9.83. The number of rotatable bonds is 1. The van der Waals surface area contributed by atoms with Gasteiger partial charge in [-0.25, -0.2) is 0 Å². The zero-order valence-electron chi connectivity index (χ0n) is 3.04. The first kappa shape index (κ1) is 8.11. The van der Waals surface area contributed by atoms with Gasteiger partial charge in [-0.05, 0) is 0 Å². The summed E-state index contributed by atoms with van der Waals surface area (Å²) in [5, 5.41) is 0. The van der Waals surface area contributed by atoms with Crippen molar-refractivity contribution in [2.75, 3.05) is 7.11 Å². The Morgan fingerprint density at radius 1 is 1.33 bits per heavy atom. The van der Waals surface area contributed by atoms with Gasteiger partial charge in [-0.15, -0.1) is 0 Å². The van der Waals surface area contributed by atoms with Crippen molar-refractivity contribution in [3.63, 3.8) is 0 Å².